The van der Waals surface area contributed by atoms with Crippen LogP contribution in [0.3, 0.4) is 0 Å². The summed E-state index contributed by atoms with van der Waals surface area (Å²) >= 11 is 9.41. The first-order valence-electron chi connectivity index (χ1n) is 13.6. The second-order valence-corrected chi connectivity index (χ2v) is 13.7. The van der Waals surface area contributed by atoms with Gasteiger partial charge in [0.1, 0.15) is 12.4 Å². The van der Waals surface area contributed by atoms with Crippen LogP contribution < -0.4 is 29.1 Å². The van der Waals surface area contributed by atoms with Crippen LogP contribution in [0.25, 0.3) is 6.08 Å². The molecule has 5 rings (SSSR count). The number of hydrogen-bond acceptors (Lipinski definition) is 8. The first kappa shape index (κ1) is 32.7. The fraction of sp³-hybridized carbons (Fsp3) is 0.219. The molecule has 44 heavy (non-hydrogen) atoms. The van der Waals surface area contributed by atoms with Crippen molar-refractivity contribution in [3.63, 3.8) is 0 Å². The maximum absolute atomic E-state index is 14.0. The van der Waals surface area contributed by atoms with Crippen molar-refractivity contribution in [1.82, 2.24) is 4.57 Å². The van der Waals surface area contributed by atoms with Gasteiger partial charge in [-0.25, -0.2) is 9.79 Å². The quantitative estimate of drug-likeness (QED) is 0.136. The van der Waals surface area contributed by atoms with Gasteiger partial charge in [0.15, 0.2) is 16.3 Å². The smallest absolute Gasteiger partial charge is 0.337 e. The van der Waals surface area contributed by atoms with Crippen LogP contribution in [0.5, 0.6) is 17.2 Å². The largest absolute Gasteiger partial charge is 0.490 e. The minimum atomic E-state index is -0.764. The van der Waals surface area contributed by atoms with E-state index in [1.54, 1.807) is 12.1 Å². The van der Waals surface area contributed by atoms with E-state index in [4.69, 9.17) is 18.9 Å². The van der Waals surface area contributed by atoms with E-state index in [0.29, 0.717) is 46.2 Å². The molecule has 3 aromatic carbocycles. The van der Waals surface area contributed by atoms with Crippen molar-refractivity contribution in [3.05, 3.63) is 114 Å². The number of carbonyl (C=O) groups is 1. The van der Waals surface area contributed by atoms with E-state index in [1.807, 2.05) is 62.4 Å². The highest BCUT2D eigenvalue weighted by Gasteiger charge is 2.31. The molecule has 0 aliphatic carbocycles. The minimum Gasteiger partial charge on any atom is -0.490 e. The molecule has 0 spiro atoms. The Morgan fingerprint density at radius 1 is 1.02 bits per heavy atom. The number of rotatable bonds is 10. The molecule has 1 atom stereocenters. The van der Waals surface area contributed by atoms with E-state index in [2.05, 4.69) is 66.1 Å². The van der Waals surface area contributed by atoms with Gasteiger partial charge in [0.2, 0.25) is 0 Å². The molecule has 1 aliphatic rings. The Bertz CT molecular complexity index is 1900. The molecule has 12 heteroatoms. The summed E-state index contributed by atoms with van der Waals surface area (Å²) < 4.78 is 27.6. The molecule has 0 amide bonds. The lowest BCUT2D eigenvalue weighted by Crippen LogP contribution is -2.39. The standard InChI is InChI=1S/C32H27BrI2N2O6S/c1-4-41-25-11-8-20(15-26(25)42-5-2)28-22(31(39)40-3)16-36-32-37(28)30(38)27(44-32)14-19-12-23(33)29(24(35)13-19)43-17-18-6-9-21(34)10-7-18/h6-16,28H,4-5,17H2,1-3H3/b27-14-/t28-/m0/s1. The van der Waals surface area contributed by atoms with Crippen molar-refractivity contribution < 1.29 is 23.7 Å². The molecule has 0 unspecified atom stereocenters. The van der Waals surface area contributed by atoms with Crippen LogP contribution >= 0.6 is 72.4 Å². The average molecular weight is 901 g/mol. The van der Waals surface area contributed by atoms with E-state index in [-0.39, 0.29) is 11.1 Å². The molecule has 0 N–H and O–H groups in total. The van der Waals surface area contributed by atoms with Gasteiger partial charge in [-0.15, -0.1) is 0 Å². The summed E-state index contributed by atoms with van der Waals surface area (Å²) in [6.07, 6.45) is 3.30. The van der Waals surface area contributed by atoms with Gasteiger partial charge < -0.3 is 18.9 Å². The summed E-state index contributed by atoms with van der Waals surface area (Å²) in [5.41, 5.74) is 2.52. The molecular formula is C32H27BrI2N2O6S. The number of carbonyl (C=O) groups excluding carboxylic acids is 1. The highest BCUT2D eigenvalue weighted by Crippen LogP contribution is 2.35. The van der Waals surface area contributed by atoms with Gasteiger partial charge in [-0.1, -0.05) is 29.5 Å². The summed E-state index contributed by atoms with van der Waals surface area (Å²) in [5, 5.41) is 0. The highest BCUT2D eigenvalue weighted by atomic mass is 127. The van der Waals surface area contributed by atoms with E-state index >= 15 is 0 Å². The highest BCUT2D eigenvalue weighted by molar-refractivity contribution is 14.1. The normalized spacial score (nSPS) is 14.4. The Hall–Kier alpha value is -2.69. The predicted octanol–water partition coefficient (Wildman–Crippen LogP) is 6.37. The zero-order valence-electron chi connectivity index (χ0n) is 23.9. The maximum Gasteiger partial charge on any atom is 0.337 e. The van der Waals surface area contributed by atoms with E-state index in [1.165, 1.54) is 32.8 Å². The second kappa shape index (κ2) is 14.6. The number of fused-ring (bicyclic) bond motifs is 1. The maximum atomic E-state index is 14.0. The molecule has 8 nitrogen and oxygen atoms in total. The van der Waals surface area contributed by atoms with Crippen molar-refractivity contribution in [2.45, 2.75) is 26.5 Å². The van der Waals surface area contributed by atoms with Crippen LogP contribution in [-0.2, 0) is 16.1 Å². The summed E-state index contributed by atoms with van der Waals surface area (Å²) in [6.45, 7) is 5.10. The number of ether oxygens (including phenoxy) is 4. The number of benzene rings is 3. The number of thiazole rings is 1. The van der Waals surface area contributed by atoms with Crippen LogP contribution in [-0.4, -0.2) is 30.9 Å². The van der Waals surface area contributed by atoms with Gasteiger partial charge in [0, 0.05) is 9.77 Å². The van der Waals surface area contributed by atoms with Crippen LogP contribution in [0, 0.1) is 7.14 Å². The van der Waals surface area contributed by atoms with Crippen LogP contribution in [0.2, 0.25) is 0 Å². The van der Waals surface area contributed by atoms with E-state index < -0.39 is 12.0 Å². The summed E-state index contributed by atoms with van der Waals surface area (Å²) in [7, 11) is 1.31. The fourth-order valence-corrected chi connectivity index (χ4v) is 7.77. The average Bonchev–Trinajstić information content (AvgIpc) is 3.32. The molecule has 0 radical (unpaired) electrons. The third-order valence-corrected chi connectivity index (χ3v) is 9.73. The van der Waals surface area contributed by atoms with Gasteiger partial charge >= 0.3 is 5.97 Å². The van der Waals surface area contributed by atoms with Crippen molar-refractivity contribution in [2.75, 3.05) is 20.3 Å². The second-order valence-electron chi connectivity index (χ2n) is 9.48. The Balaban J connectivity index is 1.54. The molecule has 0 saturated heterocycles. The number of methoxy groups -OCH3 is 1. The van der Waals surface area contributed by atoms with Crippen LogP contribution in [0.4, 0.5) is 0 Å². The SMILES string of the molecule is CCOc1ccc([C@H]2C(C(=O)OC)=CN=c3s/c(=C\c4cc(Br)c(OCc5ccc(I)cc5)c(I)c4)c(=O)n32)cc1OCC. The molecule has 0 fully saturated rings. The van der Waals surface area contributed by atoms with Gasteiger partial charge in [-0.2, -0.15) is 0 Å². The monoisotopic (exact) mass is 900 g/mol. The number of nitrogens with zero attached hydrogens (tertiary/aromatic N) is 2. The topological polar surface area (TPSA) is 88.4 Å². The molecule has 1 aromatic heterocycles. The van der Waals surface area contributed by atoms with E-state index in [9.17, 15) is 9.59 Å². The lowest BCUT2D eigenvalue weighted by molar-refractivity contribution is -0.136. The van der Waals surface area contributed by atoms with Crippen molar-refractivity contribution in [2.24, 2.45) is 4.99 Å². The number of hydrogen-bond donors (Lipinski definition) is 0. The van der Waals surface area contributed by atoms with Gasteiger partial charge in [0.05, 0.1) is 44.5 Å². The van der Waals surface area contributed by atoms with Crippen LogP contribution in [0.15, 0.2) is 80.6 Å². The predicted molar refractivity (Wildman–Crippen MR) is 190 cm³/mol. The van der Waals surface area contributed by atoms with E-state index in [0.717, 1.165) is 24.9 Å². The summed E-state index contributed by atoms with van der Waals surface area (Å²) in [5.74, 6) is 1.27. The number of esters is 1. The van der Waals surface area contributed by atoms with Gasteiger partial charge in [0.25, 0.3) is 5.56 Å². The molecule has 228 valence electrons. The number of halogens is 3. The molecule has 0 saturated carbocycles. The third-order valence-electron chi connectivity index (χ3n) is 6.62. The molecule has 2 heterocycles. The zero-order chi connectivity index (χ0) is 31.4. The fourth-order valence-electron chi connectivity index (χ4n) is 4.68. The summed E-state index contributed by atoms with van der Waals surface area (Å²) in [4.78, 5) is 31.8. The zero-order valence-corrected chi connectivity index (χ0v) is 30.7. The lowest BCUT2D eigenvalue weighted by Gasteiger charge is -2.23. The van der Waals surface area contributed by atoms with Gasteiger partial charge in [-0.3, -0.25) is 9.36 Å². The van der Waals surface area contributed by atoms with Crippen LogP contribution in [0.1, 0.15) is 36.6 Å². The third kappa shape index (κ3) is 7.07. The van der Waals surface area contributed by atoms with Crippen molar-refractivity contribution in [3.8, 4) is 17.2 Å². The summed E-state index contributed by atoms with van der Waals surface area (Å²) in [6, 6.07) is 16.7. The first-order valence-corrected chi connectivity index (χ1v) is 17.4. The Kier molecular flexibility index (Phi) is 10.9. The molecular weight excluding hydrogens is 874 g/mol. The Morgan fingerprint density at radius 3 is 2.43 bits per heavy atom. The lowest BCUT2D eigenvalue weighted by atomic mass is 9.97. The number of aromatic nitrogens is 1. The minimum absolute atomic E-state index is 0.241. The van der Waals surface area contributed by atoms with Crippen molar-refractivity contribution >= 4 is 84.5 Å². The first-order chi connectivity index (χ1) is 21.2. The Morgan fingerprint density at radius 2 is 1.75 bits per heavy atom. The molecule has 0 bridgehead atoms. The molecule has 1 aliphatic heterocycles. The Labute approximate surface area is 293 Å². The molecule has 4 aromatic rings. The van der Waals surface area contributed by atoms with Crippen molar-refractivity contribution in [1.29, 1.82) is 0 Å². The van der Waals surface area contributed by atoms with Gasteiger partial charge in [-0.05, 0) is 134 Å².